The van der Waals surface area contributed by atoms with E-state index in [1.807, 2.05) is 23.1 Å². The highest BCUT2D eigenvalue weighted by molar-refractivity contribution is 6.07. The lowest BCUT2D eigenvalue weighted by Crippen LogP contribution is -2.41. The van der Waals surface area contributed by atoms with Gasteiger partial charge in [-0.2, -0.15) is 0 Å². The largest absolute Gasteiger partial charge is 0.383 e. The number of hydrogen-bond donors (Lipinski definition) is 2. The number of aromatic nitrogens is 3. The van der Waals surface area contributed by atoms with Crippen molar-refractivity contribution in [2.24, 2.45) is 5.41 Å². The van der Waals surface area contributed by atoms with E-state index in [2.05, 4.69) is 58.8 Å². The van der Waals surface area contributed by atoms with E-state index in [4.69, 9.17) is 5.73 Å². The Morgan fingerprint density at radius 2 is 2.06 bits per heavy atom. The van der Waals surface area contributed by atoms with Crippen molar-refractivity contribution in [2.75, 3.05) is 23.7 Å². The maximum absolute atomic E-state index is 13.7. The quantitative estimate of drug-likeness (QED) is 0.576. The number of carbonyl (C=O) groups excluding carboxylic acids is 1. The summed E-state index contributed by atoms with van der Waals surface area (Å²) in [6.07, 6.45) is 10.1. The normalized spacial score (nSPS) is 20.8. The molecule has 4 heterocycles. The first kappa shape index (κ1) is 23.0. The van der Waals surface area contributed by atoms with E-state index in [0.29, 0.717) is 18.4 Å². The molecular formula is C29H34N6O. The Bertz CT molecular complexity index is 1380. The molecule has 0 spiro atoms. The molecule has 3 N–H and O–H groups in total. The fourth-order valence-electron chi connectivity index (χ4n) is 6.19. The summed E-state index contributed by atoms with van der Waals surface area (Å²) in [7, 11) is 0. The van der Waals surface area contributed by atoms with Crippen LogP contribution in [0.1, 0.15) is 59.6 Å². The summed E-state index contributed by atoms with van der Waals surface area (Å²) in [6.45, 7) is 9.19. The number of amides is 1. The Hall–Kier alpha value is -3.45. The van der Waals surface area contributed by atoms with E-state index >= 15 is 0 Å². The third-order valence-corrected chi connectivity index (χ3v) is 7.98. The van der Waals surface area contributed by atoms with Crippen LogP contribution in [0.15, 0.2) is 36.7 Å². The van der Waals surface area contributed by atoms with Crippen LogP contribution in [-0.2, 0) is 19.4 Å². The van der Waals surface area contributed by atoms with Crippen LogP contribution in [0.25, 0.3) is 17.3 Å². The van der Waals surface area contributed by atoms with Crippen molar-refractivity contribution in [3.05, 3.63) is 64.7 Å². The Labute approximate surface area is 212 Å². The minimum atomic E-state index is 0.0725. The smallest absolute Gasteiger partial charge is 0.274 e. The van der Waals surface area contributed by atoms with Gasteiger partial charge in [-0.1, -0.05) is 38.1 Å². The van der Waals surface area contributed by atoms with Crippen LogP contribution >= 0.6 is 0 Å². The molecule has 7 heteroatoms. The number of anilines is 2. The zero-order chi connectivity index (χ0) is 25.0. The number of nitrogens with one attached hydrogen (secondary N) is 1. The van der Waals surface area contributed by atoms with Crippen molar-refractivity contribution in [3.8, 4) is 11.3 Å². The zero-order valence-corrected chi connectivity index (χ0v) is 21.3. The first-order chi connectivity index (χ1) is 17.3. The van der Waals surface area contributed by atoms with E-state index in [9.17, 15) is 4.79 Å². The molecule has 7 nitrogen and oxygen atoms in total. The topological polar surface area (TPSA) is 89.1 Å². The lowest BCUT2D eigenvalue weighted by Gasteiger charge is -2.31. The van der Waals surface area contributed by atoms with E-state index in [1.165, 1.54) is 24.0 Å². The molecule has 36 heavy (non-hydrogen) atoms. The summed E-state index contributed by atoms with van der Waals surface area (Å²) in [4.78, 5) is 24.5. The molecule has 1 aromatic carbocycles. The van der Waals surface area contributed by atoms with Crippen LogP contribution in [0, 0.1) is 12.3 Å². The monoisotopic (exact) mass is 482 g/mol. The van der Waals surface area contributed by atoms with Crippen molar-refractivity contribution in [1.82, 2.24) is 19.9 Å². The van der Waals surface area contributed by atoms with Crippen LogP contribution in [0.5, 0.6) is 0 Å². The molecule has 3 aromatic rings. The summed E-state index contributed by atoms with van der Waals surface area (Å²) in [6, 6.07) is 8.57. The van der Waals surface area contributed by atoms with Crippen LogP contribution in [0.3, 0.4) is 0 Å². The van der Waals surface area contributed by atoms with Gasteiger partial charge in [0.25, 0.3) is 5.91 Å². The Kier molecular flexibility index (Phi) is 5.48. The number of rotatable bonds is 4. The Morgan fingerprint density at radius 1 is 1.19 bits per heavy atom. The average molecular weight is 483 g/mol. The van der Waals surface area contributed by atoms with Crippen molar-refractivity contribution in [1.29, 1.82) is 0 Å². The van der Waals surface area contributed by atoms with Gasteiger partial charge in [0.1, 0.15) is 17.8 Å². The van der Waals surface area contributed by atoms with Crippen LogP contribution in [0.4, 0.5) is 11.5 Å². The molecule has 0 bridgehead atoms. The molecule has 1 fully saturated rings. The average Bonchev–Trinajstić information content (AvgIpc) is 3.54. The SMILES string of the molecule is Cc1c(-c2ncnc(N)c2C=C[C@@H]2CCCN2)cccc1N1CCn2c(cc3c2CC(C)(C)C3)C1=O. The van der Waals surface area contributed by atoms with Crippen LogP contribution < -0.4 is 16.0 Å². The Morgan fingerprint density at radius 3 is 2.86 bits per heavy atom. The van der Waals surface area contributed by atoms with Gasteiger partial charge in [-0.3, -0.25) is 4.79 Å². The van der Waals surface area contributed by atoms with Crippen molar-refractivity contribution >= 4 is 23.5 Å². The van der Waals surface area contributed by atoms with E-state index < -0.39 is 0 Å². The summed E-state index contributed by atoms with van der Waals surface area (Å²) in [5.41, 5.74) is 14.6. The highest BCUT2D eigenvalue weighted by Gasteiger charge is 2.37. The van der Waals surface area contributed by atoms with Gasteiger partial charge in [0.15, 0.2) is 0 Å². The predicted octanol–water partition coefficient (Wildman–Crippen LogP) is 4.39. The minimum absolute atomic E-state index is 0.0725. The van der Waals surface area contributed by atoms with Gasteiger partial charge in [-0.25, -0.2) is 9.97 Å². The molecule has 1 atom stereocenters. The van der Waals surface area contributed by atoms with Crippen LogP contribution in [-0.4, -0.2) is 39.6 Å². The Balaban J connectivity index is 1.35. The second-order valence-electron chi connectivity index (χ2n) is 11.2. The second-order valence-corrected chi connectivity index (χ2v) is 11.2. The molecule has 0 unspecified atom stereocenters. The molecule has 0 radical (unpaired) electrons. The number of hydrogen-bond acceptors (Lipinski definition) is 5. The fraction of sp³-hybridized carbons (Fsp3) is 0.414. The molecule has 3 aliphatic rings. The van der Waals surface area contributed by atoms with Gasteiger partial charge in [-0.15, -0.1) is 0 Å². The van der Waals surface area contributed by atoms with E-state index in [0.717, 1.165) is 66.1 Å². The van der Waals surface area contributed by atoms with Gasteiger partial charge in [-0.05, 0) is 67.8 Å². The molecule has 0 saturated carbocycles. The first-order valence-electron chi connectivity index (χ1n) is 13.0. The number of nitrogens with zero attached hydrogens (tertiary/aromatic N) is 4. The van der Waals surface area contributed by atoms with E-state index in [-0.39, 0.29) is 11.3 Å². The van der Waals surface area contributed by atoms with Crippen molar-refractivity contribution in [3.63, 3.8) is 0 Å². The molecule has 1 saturated heterocycles. The van der Waals surface area contributed by atoms with Gasteiger partial charge in [0.05, 0.1) is 5.69 Å². The summed E-state index contributed by atoms with van der Waals surface area (Å²) < 4.78 is 2.26. The zero-order valence-electron chi connectivity index (χ0n) is 21.3. The third kappa shape index (κ3) is 3.82. The molecule has 6 rings (SSSR count). The molecular weight excluding hydrogens is 448 g/mol. The summed E-state index contributed by atoms with van der Waals surface area (Å²) >= 11 is 0. The lowest BCUT2D eigenvalue weighted by molar-refractivity contribution is 0.0964. The van der Waals surface area contributed by atoms with Gasteiger partial charge < -0.3 is 20.5 Å². The summed E-state index contributed by atoms with van der Waals surface area (Å²) in [5.74, 6) is 0.534. The van der Waals surface area contributed by atoms with Crippen molar-refractivity contribution in [2.45, 2.75) is 59.0 Å². The lowest BCUT2D eigenvalue weighted by atomic mass is 9.90. The maximum atomic E-state index is 13.7. The molecule has 1 aliphatic carbocycles. The van der Waals surface area contributed by atoms with Crippen molar-refractivity contribution < 1.29 is 4.79 Å². The maximum Gasteiger partial charge on any atom is 0.274 e. The van der Waals surface area contributed by atoms with Crippen LogP contribution in [0.2, 0.25) is 0 Å². The predicted molar refractivity (Wildman–Crippen MR) is 144 cm³/mol. The van der Waals surface area contributed by atoms with Gasteiger partial charge in [0.2, 0.25) is 0 Å². The molecule has 2 aromatic heterocycles. The number of fused-ring (bicyclic) bond motifs is 3. The highest BCUT2D eigenvalue weighted by Crippen LogP contribution is 2.40. The number of benzene rings is 1. The molecule has 1 amide bonds. The van der Waals surface area contributed by atoms with Gasteiger partial charge in [0, 0.05) is 41.6 Å². The number of nitrogens with two attached hydrogens (primary N) is 1. The first-order valence-corrected chi connectivity index (χ1v) is 13.0. The molecule has 186 valence electrons. The minimum Gasteiger partial charge on any atom is -0.383 e. The number of nitrogen functional groups attached to an aromatic ring is 1. The second kappa shape index (κ2) is 8.59. The third-order valence-electron chi connectivity index (χ3n) is 7.98. The van der Waals surface area contributed by atoms with E-state index in [1.54, 1.807) is 0 Å². The fourth-order valence-corrected chi connectivity index (χ4v) is 6.19. The number of carbonyl (C=O) groups is 1. The van der Waals surface area contributed by atoms with Gasteiger partial charge >= 0.3 is 0 Å². The standard InChI is InChI=1S/C29H34N6O/c1-18-21(26-22(27(30)33-17-32-26)10-9-20-6-5-11-31-20)7-4-8-23(18)35-13-12-34-24(28(35)36)14-19-15-29(2,3)16-25(19)34/h4,7-10,14,17,20,31H,5-6,11-13,15-16H2,1-3H3,(H2,30,32,33)/t20-/m0/s1. The summed E-state index contributed by atoms with van der Waals surface area (Å²) in [5, 5.41) is 3.49. The molecule has 2 aliphatic heterocycles. The highest BCUT2D eigenvalue weighted by atomic mass is 16.2.